The summed E-state index contributed by atoms with van der Waals surface area (Å²) in [6, 6.07) is 7.12. The van der Waals surface area contributed by atoms with E-state index in [1.54, 1.807) is 41.5 Å². The molecule has 3 aromatic rings. The van der Waals surface area contributed by atoms with Crippen LogP contribution in [0.25, 0.3) is 5.82 Å². The molecule has 1 aliphatic heterocycles. The second-order valence-corrected chi connectivity index (χ2v) is 6.73. The lowest BCUT2D eigenvalue weighted by Gasteiger charge is -2.33. The number of piperidine rings is 1. The second-order valence-electron chi connectivity index (χ2n) is 6.73. The lowest BCUT2D eigenvalue weighted by molar-refractivity contribution is 0.0924. The number of rotatable bonds is 4. The van der Waals surface area contributed by atoms with Crippen LogP contribution in [0.2, 0.25) is 0 Å². The SMILES string of the molecule is Cl.Cl.O=C(NC1CNCCC1c1ccc(F)c(F)c1)c1ccc(-n2ccnc2)nc1. The van der Waals surface area contributed by atoms with Gasteiger partial charge in [-0.05, 0) is 42.8 Å². The van der Waals surface area contributed by atoms with Crippen LogP contribution in [-0.2, 0) is 0 Å². The Labute approximate surface area is 184 Å². The van der Waals surface area contributed by atoms with E-state index in [0.717, 1.165) is 12.6 Å². The highest BCUT2D eigenvalue weighted by molar-refractivity contribution is 5.94. The number of hydrogen-bond acceptors (Lipinski definition) is 4. The minimum atomic E-state index is -0.875. The van der Waals surface area contributed by atoms with Crippen LogP contribution < -0.4 is 10.6 Å². The molecule has 0 spiro atoms. The average molecular weight is 456 g/mol. The van der Waals surface area contributed by atoms with Gasteiger partial charge in [0.2, 0.25) is 0 Å². The first-order chi connectivity index (χ1) is 13.6. The number of carbonyl (C=O) groups excluding carboxylic acids is 1. The first-order valence-corrected chi connectivity index (χ1v) is 9.03. The van der Waals surface area contributed by atoms with Crippen molar-refractivity contribution < 1.29 is 13.6 Å². The van der Waals surface area contributed by atoms with Gasteiger partial charge in [0.1, 0.15) is 12.1 Å². The molecule has 10 heteroatoms. The van der Waals surface area contributed by atoms with Gasteiger partial charge < -0.3 is 10.6 Å². The largest absolute Gasteiger partial charge is 0.347 e. The summed E-state index contributed by atoms with van der Waals surface area (Å²) in [5.74, 6) is -1.44. The number of amides is 1. The van der Waals surface area contributed by atoms with E-state index < -0.39 is 11.6 Å². The normalized spacial score (nSPS) is 18.1. The summed E-state index contributed by atoms with van der Waals surface area (Å²) >= 11 is 0. The van der Waals surface area contributed by atoms with Gasteiger partial charge in [0, 0.05) is 37.1 Å². The van der Waals surface area contributed by atoms with E-state index in [2.05, 4.69) is 20.6 Å². The number of aromatic nitrogens is 3. The fourth-order valence-electron chi connectivity index (χ4n) is 3.47. The molecule has 0 bridgehead atoms. The summed E-state index contributed by atoms with van der Waals surface area (Å²) in [5, 5.41) is 6.23. The molecule has 160 valence electrons. The average Bonchev–Trinajstić information content (AvgIpc) is 3.25. The van der Waals surface area contributed by atoms with Crippen LogP contribution in [0.15, 0.2) is 55.2 Å². The molecule has 0 radical (unpaired) electrons. The highest BCUT2D eigenvalue weighted by atomic mass is 35.5. The van der Waals surface area contributed by atoms with Gasteiger partial charge in [-0.15, -0.1) is 24.8 Å². The molecule has 1 amide bonds. The van der Waals surface area contributed by atoms with E-state index in [1.165, 1.54) is 12.3 Å². The summed E-state index contributed by atoms with van der Waals surface area (Å²) in [6.07, 6.45) is 7.27. The zero-order valence-corrected chi connectivity index (χ0v) is 17.4. The van der Waals surface area contributed by atoms with Crippen LogP contribution in [0.3, 0.4) is 0 Å². The molecule has 2 unspecified atom stereocenters. The van der Waals surface area contributed by atoms with Gasteiger partial charge in [0.05, 0.1) is 5.56 Å². The van der Waals surface area contributed by atoms with Gasteiger partial charge in [0.15, 0.2) is 11.6 Å². The monoisotopic (exact) mass is 455 g/mol. The van der Waals surface area contributed by atoms with Gasteiger partial charge >= 0.3 is 0 Å². The fourth-order valence-corrected chi connectivity index (χ4v) is 3.47. The molecule has 2 N–H and O–H groups in total. The van der Waals surface area contributed by atoms with Gasteiger partial charge in [-0.3, -0.25) is 9.36 Å². The van der Waals surface area contributed by atoms with Crippen LogP contribution in [0.4, 0.5) is 8.78 Å². The number of nitrogens with zero attached hydrogens (tertiary/aromatic N) is 3. The number of carbonyl (C=O) groups is 1. The highest BCUT2D eigenvalue weighted by Crippen LogP contribution is 2.27. The number of imidazole rings is 1. The summed E-state index contributed by atoms with van der Waals surface area (Å²) in [7, 11) is 0. The zero-order valence-electron chi connectivity index (χ0n) is 15.8. The van der Waals surface area contributed by atoms with Crippen molar-refractivity contribution >= 4 is 30.7 Å². The predicted octanol–water partition coefficient (Wildman–Crippen LogP) is 3.26. The first-order valence-electron chi connectivity index (χ1n) is 9.03. The Kier molecular flexibility index (Phi) is 8.28. The summed E-state index contributed by atoms with van der Waals surface area (Å²) in [4.78, 5) is 20.9. The lowest BCUT2D eigenvalue weighted by Crippen LogP contribution is -2.50. The molecule has 1 saturated heterocycles. The second kappa shape index (κ2) is 10.5. The molecule has 0 saturated carbocycles. The number of halogens is 4. The predicted molar refractivity (Wildman–Crippen MR) is 114 cm³/mol. The summed E-state index contributed by atoms with van der Waals surface area (Å²) < 4.78 is 28.7. The third-order valence-corrected chi connectivity index (χ3v) is 4.95. The number of pyridine rings is 1. The van der Waals surface area contributed by atoms with Crippen LogP contribution >= 0.6 is 24.8 Å². The van der Waals surface area contributed by atoms with Gasteiger partial charge in [-0.25, -0.2) is 18.7 Å². The smallest absolute Gasteiger partial charge is 0.253 e. The number of benzene rings is 1. The Hall–Kier alpha value is -2.55. The van der Waals surface area contributed by atoms with E-state index in [9.17, 15) is 13.6 Å². The highest BCUT2D eigenvalue weighted by Gasteiger charge is 2.28. The van der Waals surface area contributed by atoms with Crippen LogP contribution in [-0.4, -0.2) is 39.6 Å². The molecule has 2 atom stereocenters. The quantitative estimate of drug-likeness (QED) is 0.633. The Balaban J connectivity index is 0.00000160. The van der Waals surface area contributed by atoms with E-state index in [-0.39, 0.29) is 42.7 Å². The van der Waals surface area contributed by atoms with Gasteiger partial charge in [0.25, 0.3) is 5.91 Å². The summed E-state index contributed by atoms with van der Waals surface area (Å²) in [6.45, 7) is 1.30. The van der Waals surface area contributed by atoms with Gasteiger partial charge in [-0.2, -0.15) is 0 Å². The van der Waals surface area contributed by atoms with E-state index >= 15 is 0 Å². The molecule has 6 nitrogen and oxygen atoms in total. The van der Waals surface area contributed by atoms with E-state index in [0.29, 0.717) is 29.9 Å². The molecule has 3 heterocycles. The van der Waals surface area contributed by atoms with Crippen molar-refractivity contribution in [3.05, 3.63) is 78.0 Å². The van der Waals surface area contributed by atoms with Crippen molar-refractivity contribution in [1.82, 2.24) is 25.2 Å². The van der Waals surface area contributed by atoms with Crippen molar-refractivity contribution in [3.63, 3.8) is 0 Å². The zero-order chi connectivity index (χ0) is 19.5. The Bertz CT molecular complexity index is 970. The Morgan fingerprint density at radius 1 is 1.17 bits per heavy atom. The minimum Gasteiger partial charge on any atom is -0.347 e. The van der Waals surface area contributed by atoms with Crippen molar-refractivity contribution in [2.45, 2.75) is 18.4 Å². The van der Waals surface area contributed by atoms with Crippen LogP contribution in [0.5, 0.6) is 0 Å². The molecule has 1 aliphatic rings. The number of hydrogen-bond donors (Lipinski definition) is 2. The maximum atomic E-state index is 13.7. The lowest BCUT2D eigenvalue weighted by atomic mass is 9.86. The standard InChI is InChI=1S/C20H19F2N5O.2ClH/c21-16-3-1-13(9-17(16)22)15-5-6-23-11-18(15)26-20(28)14-2-4-19(25-10-14)27-8-7-24-12-27;;/h1-4,7-10,12,15,18,23H,5-6,11H2,(H,26,28);2*1H. The minimum absolute atomic E-state index is 0. The first kappa shape index (κ1) is 23.7. The maximum absolute atomic E-state index is 13.7. The third kappa shape index (κ3) is 5.13. The number of nitrogens with one attached hydrogen (secondary N) is 2. The molecular weight excluding hydrogens is 435 g/mol. The molecule has 2 aromatic heterocycles. The van der Waals surface area contributed by atoms with Crippen molar-refractivity contribution in [2.75, 3.05) is 13.1 Å². The molecule has 1 aromatic carbocycles. The molecule has 1 fully saturated rings. The molecular formula is C20H21Cl2F2N5O. The van der Waals surface area contributed by atoms with Crippen molar-refractivity contribution in [1.29, 1.82) is 0 Å². The van der Waals surface area contributed by atoms with Crippen molar-refractivity contribution in [3.8, 4) is 5.82 Å². The Morgan fingerprint density at radius 3 is 2.67 bits per heavy atom. The van der Waals surface area contributed by atoms with Crippen LogP contribution in [0.1, 0.15) is 28.3 Å². The van der Waals surface area contributed by atoms with Gasteiger partial charge in [-0.1, -0.05) is 6.07 Å². The van der Waals surface area contributed by atoms with E-state index in [1.807, 2.05) is 0 Å². The van der Waals surface area contributed by atoms with Crippen LogP contribution in [0, 0.1) is 11.6 Å². The molecule has 30 heavy (non-hydrogen) atoms. The fraction of sp³-hybridized carbons (Fsp3) is 0.250. The van der Waals surface area contributed by atoms with Crippen molar-refractivity contribution in [2.24, 2.45) is 0 Å². The maximum Gasteiger partial charge on any atom is 0.253 e. The van der Waals surface area contributed by atoms with E-state index in [4.69, 9.17) is 0 Å². The molecule has 4 rings (SSSR count). The molecule has 0 aliphatic carbocycles. The topological polar surface area (TPSA) is 71.8 Å². The summed E-state index contributed by atoms with van der Waals surface area (Å²) in [5.41, 5.74) is 1.11. The third-order valence-electron chi connectivity index (χ3n) is 4.95. The Morgan fingerprint density at radius 2 is 2.00 bits per heavy atom.